The van der Waals surface area contributed by atoms with Crippen LogP contribution in [0.25, 0.3) is 49.6 Å². The van der Waals surface area contributed by atoms with Crippen LogP contribution in [0.5, 0.6) is 0 Å². The zero-order chi connectivity index (χ0) is 33.1. The summed E-state index contributed by atoms with van der Waals surface area (Å²) in [5, 5.41) is 6.21. The number of nitrogens with zero attached hydrogens (tertiary/aromatic N) is 1. The molecule has 0 amide bonds. The highest BCUT2D eigenvalue weighted by Gasteiger charge is 2.11. The van der Waals surface area contributed by atoms with Crippen molar-refractivity contribution >= 4 is 38.8 Å². The van der Waals surface area contributed by atoms with Gasteiger partial charge >= 0.3 is 0 Å². The van der Waals surface area contributed by atoms with E-state index in [0.717, 1.165) is 17.8 Å². The maximum atomic E-state index is 3.63. The summed E-state index contributed by atoms with van der Waals surface area (Å²) in [7, 11) is 2.14. The summed E-state index contributed by atoms with van der Waals surface area (Å²) < 4.78 is 2.27. The number of aryl methyl sites for hydroxylation is 1. The number of hydrogen-bond acceptors (Lipinski definition) is 1. The van der Waals surface area contributed by atoms with Gasteiger partial charge in [-0.3, -0.25) is 0 Å². The van der Waals surface area contributed by atoms with Crippen LogP contribution in [-0.2, 0) is 7.05 Å². The van der Waals surface area contributed by atoms with E-state index in [2.05, 4.69) is 187 Å². The molecule has 0 atom stereocenters. The molecule has 2 nitrogen and oxygen atoms in total. The number of anilines is 2. The zero-order valence-corrected chi connectivity index (χ0v) is 28.0. The smallest absolute Gasteiger partial charge is 0.0489 e. The van der Waals surface area contributed by atoms with E-state index < -0.39 is 0 Å². The second kappa shape index (κ2) is 15.6. The molecule has 0 fully saturated rings. The van der Waals surface area contributed by atoms with Gasteiger partial charge in [0.15, 0.2) is 0 Å². The third kappa shape index (κ3) is 7.24. The van der Waals surface area contributed by atoms with Crippen LogP contribution in [0.2, 0.25) is 0 Å². The van der Waals surface area contributed by atoms with Crippen LogP contribution in [0.3, 0.4) is 0 Å². The number of benzene rings is 6. The summed E-state index contributed by atoms with van der Waals surface area (Å²) >= 11 is 0. The van der Waals surface area contributed by atoms with Gasteiger partial charge in [0.25, 0.3) is 0 Å². The van der Waals surface area contributed by atoms with E-state index >= 15 is 0 Å². The predicted octanol–water partition coefficient (Wildman–Crippen LogP) is 13.0. The topological polar surface area (TPSA) is 17.0 Å². The molecule has 0 aliphatic heterocycles. The Bertz CT molecular complexity index is 2180. The molecule has 8 rings (SSSR count). The molecule has 1 aliphatic carbocycles. The summed E-state index contributed by atoms with van der Waals surface area (Å²) in [4.78, 5) is 0. The average Bonchev–Trinajstić information content (AvgIpc) is 3.29. The van der Waals surface area contributed by atoms with E-state index in [1.807, 2.05) is 26.0 Å². The van der Waals surface area contributed by atoms with Crippen molar-refractivity contribution in [3.05, 3.63) is 188 Å². The van der Waals surface area contributed by atoms with Gasteiger partial charge in [0.1, 0.15) is 0 Å². The first-order chi connectivity index (χ1) is 23.7. The molecule has 1 N–H and O–H groups in total. The van der Waals surface area contributed by atoms with Crippen LogP contribution in [-0.4, -0.2) is 4.57 Å². The van der Waals surface area contributed by atoms with Crippen LogP contribution < -0.4 is 5.32 Å². The van der Waals surface area contributed by atoms with Crippen LogP contribution in [0, 0.1) is 0 Å². The molecule has 1 aromatic heterocycles. The molecular weight excluding hydrogens is 581 g/mol. The van der Waals surface area contributed by atoms with Gasteiger partial charge in [-0.25, -0.2) is 0 Å². The fourth-order valence-electron chi connectivity index (χ4n) is 6.14. The highest BCUT2D eigenvalue weighted by Crippen LogP contribution is 2.36. The van der Waals surface area contributed by atoms with Crippen molar-refractivity contribution in [3.8, 4) is 22.3 Å². The Morgan fingerprint density at radius 2 is 1.12 bits per heavy atom. The van der Waals surface area contributed by atoms with Crippen molar-refractivity contribution in [2.45, 2.75) is 20.3 Å². The minimum atomic E-state index is 1.03. The van der Waals surface area contributed by atoms with E-state index in [0.29, 0.717) is 0 Å². The Morgan fingerprint density at radius 1 is 0.521 bits per heavy atom. The molecule has 1 aliphatic rings. The number of hydrogen-bond donors (Lipinski definition) is 1. The lowest BCUT2D eigenvalue weighted by Crippen LogP contribution is -1.93. The Balaban J connectivity index is 0.000000224. The molecule has 48 heavy (non-hydrogen) atoms. The van der Waals surface area contributed by atoms with Crippen molar-refractivity contribution < 1.29 is 0 Å². The van der Waals surface area contributed by atoms with E-state index in [9.17, 15) is 0 Å². The van der Waals surface area contributed by atoms with Gasteiger partial charge in [-0.15, -0.1) is 0 Å². The van der Waals surface area contributed by atoms with Crippen LogP contribution in [0.1, 0.15) is 25.8 Å². The molecule has 0 unspecified atom stereocenters. The summed E-state index contributed by atoms with van der Waals surface area (Å²) in [5.41, 5.74) is 12.1. The Labute approximate surface area is 285 Å². The molecule has 7 aromatic rings. The van der Waals surface area contributed by atoms with Gasteiger partial charge in [-0.2, -0.15) is 0 Å². The van der Waals surface area contributed by atoms with Gasteiger partial charge in [0.2, 0.25) is 0 Å². The summed E-state index contributed by atoms with van der Waals surface area (Å²) in [5.74, 6) is 0. The molecule has 0 saturated carbocycles. The predicted molar refractivity (Wildman–Crippen MR) is 210 cm³/mol. The van der Waals surface area contributed by atoms with Crippen LogP contribution in [0.15, 0.2) is 182 Å². The second-order valence-electron chi connectivity index (χ2n) is 11.5. The van der Waals surface area contributed by atoms with E-state index in [4.69, 9.17) is 0 Å². The lowest BCUT2D eigenvalue weighted by molar-refractivity contribution is 1.01. The molecule has 1 heterocycles. The number of nitrogens with one attached hydrogen (secondary N) is 1. The first-order valence-electron chi connectivity index (χ1n) is 16.8. The largest absolute Gasteiger partial charge is 0.355 e. The minimum absolute atomic E-state index is 1.03. The van der Waals surface area contributed by atoms with Gasteiger partial charge < -0.3 is 9.88 Å². The standard InChI is InChI=1S/C31H24N2.C13H12.C2H6/c1-33-30-14-8-6-12-27(30)28-21-24(17-20-31(28)33)26-11-5-7-13-29(26)32-25-18-15-23(16-19-25)22-9-3-2-4-10-22;1-2-5-9-12(8-4-1)13-10-6-3-7-11-13;1-2/h2-21,32H,1H3;1-4,6-11H,5H2;1-2H3. The Hall–Kier alpha value is -5.86. The summed E-state index contributed by atoms with van der Waals surface area (Å²) in [6.07, 6.45) is 11.8. The monoisotopic (exact) mass is 622 g/mol. The van der Waals surface area contributed by atoms with Crippen LogP contribution in [0.4, 0.5) is 11.4 Å². The maximum absolute atomic E-state index is 3.63. The van der Waals surface area contributed by atoms with Crippen LogP contribution >= 0.6 is 0 Å². The average molecular weight is 623 g/mol. The lowest BCUT2D eigenvalue weighted by atomic mass is 10.0. The zero-order valence-electron chi connectivity index (χ0n) is 28.0. The van der Waals surface area contributed by atoms with Crippen molar-refractivity contribution in [1.29, 1.82) is 0 Å². The van der Waals surface area contributed by atoms with E-state index in [1.54, 1.807) is 0 Å². The third-order valence-electron chi connectivity index (χ3n) is 8.53. The van der Waals surface area contributed by atoms with Crippen molar-refractivity contribution in [1.82, 2.24) is 4.57 Å². The van der Waals surface area contributed by atoms with Crippen molar-refractivity contribution in [2.24, 2.45) is 7.05 Å². The Morgan fingerprint density at radius 3 is 1.90 bits per heavy atom. The second-order valence-corrected chi connectivity index (χ2v) is 11.5. The number of rotatable bonds is 5. The molecule has 0 radical (unpaired) electrons. The first-order valence-corrected chi connectivity index (χ1v) is 16.8. The maximum Gasteiger partial charge on any atom is 0.0489 e. The quantitative estimate of drug-likeness (QED) is 0.202. The minimum Gasteiger partial charge on any atom is -0.355 e. The molecule has 0 spiro atoms. The SMILES string of the molecule is C1=CCC=C(c2ccccc2)C=C1.CC.Cn1c2ccccc2c2cc(-c3ccccc3Nc3ccc(-c4ccccc4)cc3)ccc21. The fraction of sp³-hybridized carbons (Fsp3) is 0.0870. The molecule has 2 heteroatoms. The molecule has 236 valence electrons. The first kappa shape index (κ1) is 32.1. The fourth-order valence-corrected chi connectivity index (χ4v) is 6.14. The highest BCUT2D eigenvalue weighted by molar-refractivity contribution is 6.09. The number of aromatic nitrogens is 1. The number of allylic oxidation sites excluding steroid dienone is 6. The normalized spacial score (nSPS) is 11.9. The van der Waals surface area contributed by atoms with Gasteiger partial charge in [0.05, 0.1) is 0 Å². The van der Waals surface area contributed by atoms with Gasteiger partial charge in [-0.1, -0.05) is 159 Å². The van der Waals surface area contributed by atoms with E-state index in [1.165, 1.54) is 55.2 Å². The van der Waals surface area contributed by atoms with Gasteiger partial charge in [0, 0.05) is 45.8 Å². The summed E-state index contributed by atoms with van der Waals surface area (Å²) in [6, 6.07) is 53.5. The van der Waals surface area contributed by atoms with Gasteiger partial charge in [-0.05, 0) is 70.6 Å². The molecule has 0 saturated heterocycles. The molecule has 0 bridgehead atoms. The molecular formula is C46H42N2. The van der Waals surface area contributed by atoms with E-state index in [-0.39, 0.29) is 0 Å². The molecule has 6 aromatic carbocycles. The number of para-hydroxylation sites is 2. The lowest BCUT2D eigenvalue weighted by Gasteiger charge is -2.13. The highest BCUT2D eigenvalue weighted by atomic mass is 14.9. The van der Waals surface area contributed by atoms with Crippen molar-refractivity contribution in [2.75, 3.05) is 5.32 Å². The summed E-state index contributed by atoms with van der Waals surface area (Å²) in [6.45, 7) is 4.00. The third-order valence-corrected chi connectivity index (χ3v) is 8.53. The Kier molecular flexibility index (Phi) is 10.4. The number of fused-ring (bicyclic) bond motifs is 3. The van der Waals surface area contributed by atoms with Crippen molar-refractivity contribution in [3.63, 3.8) is 0 Å².